The lowest BCUT2D eigenvalue weighted by atomic mass is 10.0. The van der Waals surface area contributed by atoms with Crippen molar-refractivity contribution in [2.24, 2.45) is 0 Å². The molecule has 1 aliphatic heterocycles. The van der Waals surface area contributed by atoms with Crippen LogP contribution in [0, 0.1) is 5.82 Å². The van der Waals surface area contributed by atoms with E-state index in [0.29, 0.717) is 0 Å². The zero-order valence-electron chi connectivity index (χ0n) is 10.6. The van der Waals surface area contributed by atoms with Crippen LogP contribution in [0.1, 0.15) is 12.0 Å². The van der Waals surface area contributed by atoms with Crippen molar-refractivity contribution in [1.29, 1.82) is 0 Å². The predicted octanol–water partition coefficient (Wildman–Crippen LogP) is 1.16. The summed E-state index contributed by atoms with van der Waals surface area (Å²) in [6, 6.07) is 3.78. The summed E-state index contributed by atoms with van der Waals surface area (Å²) in [6.07, 6.45) is -0.104. The highest BCUT2D eigenvalue weighted by Crippen LogP contribution is 2.23. The topological polar surface area (TPSA) is 61.4 Å². The molecule has 3 N–H and O–H groups in total. The van der Waals surface area contributed by atoms with Gasteiger partial charge in [0.25, 0.3) is 0 Å². The summed E-state index contributed by atoms with van der Waals surface area (Å²) in [5, 5.41) is 14.1. The van der Waals surface area contributed by atoms with Gasteiger partial charge in [-0.25, -0.2) is 8.78 Å². The lowest BCUT2D eigenvalue weighted by Gasteiger charge is -2.15. The van der Waals surface area contributed by atoms with Crippen LogP contribution in [0.25, 0.3) is 0 Å². The van der Waals surface area contributed by atoms with Gasteiger partial charge in [-0.1, -0.05) is 23.7 Å². The quantitative estimate of drug-likeness (QED) is 0.782. The molecule has 0 spiro atoms. The van der Waals surface area contributed by atoms with Crippen LogP contribution in [0.15, 0.2) is 18.2 Å². The van der Waals surface area contributed by atoms with Crippen LogP contribution in [0.4, 0.5) is 8.78 Å². The third-order valence-electron chi connectivity index (χ3n) is 3.32. The van der Waals surface area contributed by atoms with Crippen molar-refractivity contribution in [3.8, 4) is 0 Å². The number of halogens is 3. The summed E-state index contributed by atoms with van der Waals surface area (Å²) in [6.45, 7) is -0.734. The minimum atomic E-state index is -1.77. The van der Waals surface area contributed by atoms with Crippen LogP contribution >= 0.6 is 11.6 Å². The normalized spacial score (nSPS) is 25.7. The summed E-state index contributed by atoms with van der Waals surface area (Å²) in [5.41, 5.74) is -1.51. The van der Waals surface area contributed by atoms with E-state index in [1.165, 1.54) is 12.1 Å². The van der Waals surface area contributed by atoms with Crippen molar-refractivity contribution in [1.82, 2.24) is 10.6 Å². The number of amides is 1. The molecule has 0 unspecified atom stereocenters. The lowest BCUT2D eigenvalue weighted by molar-refractivity contribution is -0.123. The number of aliphatic hydroxyl groups is 1. The van der Waals surface area contributed by atoms with E-state index in [4.69, 9.17) is 16.7 Å². The van der Waals surface area contributed by atoms with Gasteiger partial charge in [0.1, 0.15) is 11.5 Å². The Kier molecular flexibility index (Phi) is 4.57. The number of benzene rings is 1. The Hall–Kier alpha value is -1.24. The molecule has 2 atom stereocenters. The average Bonchev–Trinajstić information content (AvgIpc) is 2.84. The number of aliphatic hydroxyl groups excluding tert-OH is 1. The fourth-order valence-corrected chi connectivity index (χ4v) is 2.31. The van der Waals surface area contributed by atoms with Crippen LogP contribution in [0.5, 0.6) is 0 Å². The second kappa shape index (κ2) is 6.03. The monoisotopic (exact) mass is 304 g/mol. The van der Waals surface area contributed by atoms with Crippen molar-refractivity contribution in [2.45, 2.75) is 24.7 Å². The molecule has 1 amide bonds. The minimum absolute atomic E-state index is 0.0150. The van der Waals surface area contributed by atoms with Crippen molar-refractivity contribution in [2.75, 3.05) is 13.2 Å². The Balaban J connectivity index is 1.92. The number of alkyl halides is 1. The van der Waals surface area contributed by atoms with Crippen molar-refractivity contribution < 1.29 is 18.7 Å². The van der Waals surface area contributed by atoms with Crippen LogP contribution < -0.4 is 10.6 Å². The SMILES string of the molecule is O=C(NCc1cccc(Cl)c1F)[C@@H]1C[C@](F)(CO)CN1. The smallest absolute Gasteiger partial charge is 0.237 e. The van der Waals surface area contributed by atoms with Gasteiger partial charge in [0.15, 0.2) is 0 Å². The second-order valence-corrected chi connectivity index (χ2v) is 5.28. The Labute approximate surface area is 120 Å². The molecule has 0 radical (unpaired) electrons. The third kappa shape index (κ3) is 3.26. The molecular formula is C13H15ClF2N2O2. The van der Waals surface area contributed by atoms with Gasteiger partial charge in [-0.2, -0.15) is 0 Å². The largest absolute Gasteiger partial charge is 0.393 e. The van der Waals surface area contributed by atoms with Gasteiger partial charge in [0.2, 0.25) is 5.91 Å². The zero-order valence-corrected chi connectivity index (χ0v) is 11.4. The van der Waals surface area contributed by atoms with Crippen LogP contribution in [-0.4, -0.2) is 35.9 Å². The summed E-state index contributed by atoms with van der Waals surface area (Å²) in [4.78, 5) is 11.8. The van der Waals surface area contributed by atoms with Gasteiger partial charge in [-0.3, -0.25) is 4.79 Å². The lowest BCUT2D eigenvalue weighted by Crippen LogP contribution is -2.40. The number of nitrogens with one attached hydrogen (secondary N) is 2. The molecule has 1 aromatic carbocycles. The highest BCUT2D eigenvalue weighted by molar-refractivity contribution is 6.30. The van der Waals surface area contributed by atoms with Crippen molar-refractivity contribution >= 4 is 17.5 Å². The molecule has 1 heterocycles. The maximum absolute atomic E-state index is 13.8. The van der Waals surface area contributed by atoms with E-state index in [9.17, 15) is 13.6 Å². The maximum atomic E-state index is 13.8. The second-order valence-electron chi connectivity index (χ2n) is 4.88. The highest BCUT2D eigenvalue weighted by atomic mass is 35.5. The number of carbonyl (C=O) groups excluding carboxylic acids is 1. The fraction of sp³-hybridized carbons (Fsp3) is 0.462. The average molecular weight is 305 g/mol. The molecule has 7 heteroatoms. The summed E-state index contributed by atoms with van der Waals surface area (Å²) >= 11 is 5.64. The van der Waals surface area contributed by atoms with Crippen LogP contribution in [-0.2, 0) is 11.3 Å². The number of hydrogen-bond acceptors (Lipinski definition) is 3. The van der Waals surface area contributed by atoms with E-state index in [2.05, 4.69) is 10.6 Å². The highest BCUT2D eigenvalue weighted by Gasteiger charge is 2.41. The maximum Gasteiger partial charge on any atom is 0.237 e. The fourth-order valence-electron chi connectivity index (χ4n) is 2.11. The molecule has 0 bridgehead atoms. The molecule has 20 heavy (non-hydrogen) atoms. The van der Waals surface area contributed by atoms with Gasteiger partial charge in [0, 0.05) is 25.1 Å². The number of carbonyl (C=O) groups is 1. The number of rotatable bonds is 4. The van der Waals surface area contributed by atoms with Crippen molar-refractivity contribution in [3.63, 3.8) is 0 Å². The van der Waals surface area contributed by atoms with E-state index in [1.807, 2.05) is 0 Å². The molecular weight excluding hydrogens is 290 g/mol. The molecule has 0 aromatic heterocycles. The van der Waals surface area contributed by atoms with Crippen molar-refractivity contribution in [3.05, 3.63) is 34.6 Å². The predicted molar refractivity (Wildman–Crippen MR) is 70.6 cm³/mol. The first-order chi connectivity index (χ1) is 9.45. The first-order valence-corrected chi connectivity index (χ1v) is 6.57. The van der Waals surface area contributed by atoms with Crippen LogP contribution in [0.3, 0.4) is 0 Å². The van der Waals surface area contributed by atoms with E-state index >= 15 is 0 Å². The van der Waals surface area contributed by atoms with E-state index < -0.39 is 30.0 Å². The molecule has 2 rings (SSSR count). The Bertz CT molecular complexity index is 515. The molecule has 1 aromatic rings. The third-order valence-corrected chi connectivity index (χ3v) is 3.61. The Morgan fingerprint density at radius 3 is 3.00 bits per heavy atom. The Morgan fingerprint density at radius 2 is 2.35 bits per heavy atom. The summed E-state index contributed by atoms with van der Waals surface area (Å²) < 4.78 is 27.4. The van der Waals surface area contributed by atoms with Gasteiger partial charge in [-0.15, -0.1) is 0 Å². The van der Waals surface area contributed by atoms with Gasteiger partial charge in [0.05, 0.1) is 17.7 Å². The molecule has 4 nitrogen and oxygen atoms in total. The molecule has 1 saturated heterocycles. The molecule has 0 saturated carbocycles. The molecule has 1 aliphatic rings. The standard InChI is InChI=1S/C13H15ClF2N2O2/c14-9-3-1-2-8(11(9)15)5-17-12(20)10-4-13(16,7-19)6-18-10/h1-3,10,18-19H,4-7H2,(H,17,20)/t10-,13+/m0/s1. The zero-order chi connectivity index (χ0) is 14.8. The molecule has 0 aliphatic carbocycles. The summed E-state index contributed by atoms with van der Waals surface area (Å²) in [7, 11) is 0. The Morgan fingerprint density at radius 1 is 1.60 bits per heavy atom. The minimum Gasteiger partial charge on any atom is -0.393 e. The molecule has 1 fully saturated rings. The molecule has 110 valence electrons. The first kappa shape index (κ1) is 15.2. The summed E-state index contributed by atoms with van der Waals surface area (Å²) in [5.74, 6) is -1.01. The first-order valence-electron chi connectivity index (χ1n) is 6.19. The van der Waals surface area contributed by atoms with E-state index in [-0.39, 0.29) is 30.1 Å². The number of hydrogen-bond donors (Lipinski definition) is 3. The van der Waals surface area contributed by atoms with Gasteiger partial charge in [-0.05, 0) is 6.07 Å². The van der Waals surface area contributed by atoms with Crippen LogP contribution in [0.2, 0.25) is 5.02 Å². The van der Waals surface area contributed by atoms with E-state index in [1.54, 1.807) is 6.07 Å². The van der Waals surface area contributed by atoms with Gasteiger partial charge >= 0.3 is 0 Å². The van der Waals surface area contributed by atoms with Gasteiger partial charge < -0.3 is 15.7 Å². The van der Waals surface area contributed by atoms with E-state index in [0.717, 1.165) is 0 Å².